The van der Waals surface area contributed by atoms with Crippen molar-refractivity contribution in [3.8, 4) is 11.1 Å². The molecule has 0 saturated carbocycles. The van der Waals surface area contributed by atoms with Gasteiger partial charge in [-0.15, -0.1) is 0 Å². The van der Waals surface area contributed by atoms with Gasteiger partial charge in [-0.3, -0.25) is 0 Å². The van der Waals surface area contributed by atoms with Crippen LogP contribution in [0.5, 0.6) is 0 Å². The molecule has 1 aromatic heterocycles. The molecule has 0 aliphatic rings. The summed E-state index contributed by atoms with van der Waals surface area (Å²) in [6, 6.07) is 21.4. The van der Waals surface area contributed by atoms with Gasteiger partial charge in [0.1, 0.15) is 0 Å². The number of rotatable bonds is 4. The van der Waals surface area contributed by atoms with Gasteiger partial charge in [0.15, 0.2) is 0 Å². The van der Waals surface area contributed by atoms with E-state index in [1.54, 1.807) is 0 Å². The molecule has 0 spiro atoms. The quantitative estimate of drug-likeness (QED) is 0.586. The summed E-state index contributed by atoms with van der Waals surface area (Å²) in [6.45, 7) is 7.71. The fraction of sp³-hybridized carbons (Fsp3) is 0.238. The topological polar surface area (TPSA) is 4.93 Å². The first-order chi connectivity index (χ1) is 10.7. The highest BCUT2D eigenvalue weighted by Crippen LogP contribution is 2.34. The van der Waals surface area contributed by atoms with Gasteiger partial charge in [0, 0.05) is 24.0 Å². The van der Waals surface area contributed by atoms with Crippen LogP contribution in [0.4, 0.5) is 0 Å². The Labute approximate surface area is 133 Å². The molecule has 1 nitrogen and oxygen atoms in total. The summed E-state index contributed by atoms with van der Waals surface area (Å²) in [5.41, 5.74) is 6.83. The Balaban J connectivity index is 2.09. The van der Waals surface area contributed by atoms with Crippen molar-refractivity contribution < 1.29 is 0 Å². The maximum absolute atomic E-state index is 2.41. The van der Waals surface area contributed by atoms with E-state index in [0.29, 0.717) is 5.92 Å². The number of hydrogen-bond donors (Lipinski definition) is 0. The molecular weight excluding hydrogens is 266 g/mol. The highest BCUT2D eigenvalue weighted by atomic mass is 15.0. The Morgan fingerprint density at radius 2 is 1.45 bits per heavy atom. The zero-order valence-electron chi connectivity index (χ0n) is 13.6. The maximum Gasteiger partial charge on any atom is 0.0473 e. The molecule has 1 heterocycles. The van der Waals surface area contributed by atoms with Gasteiger partial charge in [-0.2, -0.15) is 0 Å². The first kappa shape index (κ1) is 14.6. The van der Waals surface area contributed by atoms with E-state index in [1.165, 1.54) is 27.9 Å². The maximum atomic E-state index is 2.41. The van der Waals surface area contributed by atoms with E-state index in [0.717, 1.165) is 6.54 Å². The second-order valence-electron chi connectivity index (χ2n) is 6.21. The van der Waals surface area contributed by atoms with Crippen molar-refractivity contribution >= 4 is 0 Å². The van der Waals surface area contributed by atoms with Gasteiger partial charge in [0.05, 0.1) is 0 Å². The summed E-state index contributed by atoms with van der Waals surface area (Å²) < 4.78 is 2.41. The van der Waals surface area contributed by atoms with E-state index in [9.17, 15) is 0 Å². The Morgan fingerprint density at radius 3 is 2.05 bits per heavy atom. The molecule has 3 aromatic rings. The van der Waals surface area contributed by atoms with Crippen molar-refractivity contribution in [2.45, 2.75) is 33.2 Å². The van der Waals surface area contributed by atoms with Crippen molar-refractivity contribution in [3.05, 3.63) is 83.7 Å². The Morgan fingerprint density at radius 1 is 0.864 bits per heavy atom. The normalized spacial score (nSPS) is 11.1. The lowest BCUT2D eigenvalue weighted by molar-refractivity contribution is 0.694. The molecule has 0 aliphatic heterocycles. The minimum Gasteiger partial charge on any atom is -0.346 e. The minimum absolute atomic E-state index is 0.493. The van der Waals surface area contributed by atoms with E-state index in [-0.39, 0.29) is 0 Å². The molecule has 1 heteroatoms. The fourth-order valence-electron chi connectivity index (χ4n) is 3.23. The van der Waals surface area contributed by atoms with Gasteiger partial charge in [-0.25, -0.2) is 0 Å². The predicted molar refractivity (Wildman–Crippen MR) is 94.2 cm³/mol. The molecule has 0 saturated heterocycles. The van der Waals surface area contributed by atoms with Gasteiger partial charge in [-0.05, 0) is 29.5 Å². The molecule has 2 aromatic carbocycles. The van der Waals surface area contributed by atoms with Crippen molar-refractivity contribution in [3.63, 3.8) is 0 Å². The van der Waals surface area contributed by atoms with E-state index in [4.69, 9.17) is 0 Å². The molecule has 0 N–H and O–H groups in total. The fourth-order valence-corrected chi connectivity index (χ4v) is 3.23. The molecule has 0 atom stereocenters. The third kappa shape index (κ3) is 2.85. The lowest BCUT2D eigenvalue weighted by Crippen LogP contribution is -2.05. The monoisotopic (exact) mass is 289 g/mol. The molecular formula is C21H23N. The van der Waals surface area contributed by atoms with E-state index >= 15 is 0 Å². The lowest BCUT2D eigenvalue weighted by atomic mass is 9.97. The van der Waals surface area contributed by atoms with Crippen LogP contribution in [-0.2, 0) is 6.54 Å². The van der Waals surface area contributed by atoms with Gasteiger partial charge in [-0.1, -0.05) is 74.5 Å². The Hall–Kier alpha value is -2.28. The Kier molecular flexibility index (Phi) is 4.15. The van der Waals surface area contributed by atoms with Crippen LogP contribution in [0.15, 0.2) is 66.9 Å². The summed E-state index contributed by atoms with van der Waals surface area (Å²) in [7, 11) is 0. The van der Waals surface area contributed by atoms with E-state index in [2.05, 4.69) is 92.2 Å². The molecule has 0 aliphatic carbocycles. The Bertz CT molecular complexity index is 736. The first-order valence-electron chi connectivity index (χ1n) is 7.96. The lowest BCUT2D eigenvalue weighted by Gasteiger charge is -2.15. The summed E-state index contributed by atoms with van der Waals surface area (Å²) in [6.07, 6.45) is 2.30. The van der Waals surface area contributed by atoms with Crippen LogP contribution in [0.1, 0.15) is 36.6 Å². The standard InChI is InChI=1S/C21H23N/c1-16(2)21-20(19-12-8-5-9-13-19)17(3)14-22(21)15-18-10-6-4-7-11-18/h4-14,16H,15H2,1-3H3. The van der Waals surface area contributed by atoms with Crippen LogP contribution in [0.2, 0.25) is 0 Å². The number of aryl methyl sites for hydroxylation is 1. The van der Waals surface area contributed by atoms with E-state index < -0.39 is 0 Å². The van der Waals surface area contributed by atoms with Crippen LogP contribution in [0.25, 0.3) is 11.1 Å². The predicted octanol–water partition coefficient (Wildman–Crippen LogP) is 5.64. The first-order valence-corrected chi connectivity index (χ1v) is 7.96. The minimum atomic E-state index is 0.493. The summed E-state index contributed by atoms with van der Waals surface area (Å²) in [4.78, 5) is 0. The highest BCUT2D eigenvalue weighted by molar-refractivity contribution is 5.71. The number of aromatic nitrogens is 1. The summed E-state index contributed by atoms with van der Waals surface area (Å²) >= 11 is 0. The molecule has 3 rings (SSSR count). The molecule has 22 heavy (non-hydrogen) atoms. The average Bonchev–Trinajstić information content (AvgIpc) is 2.85. The average molecular weight is 289 g/mol. The zero-order chi connectivity index (χ0) is 15.5. The molecule has 0 amide bonds. The zero-order valence-corrected chi connectivity index (χ0v) is 13.6. The van der Waals surface area contributed by atoms with Crippen molar-refractivity contribution in [1.82, 2.24) is 4.57 Å². The molecule has 0 bridgehead atoms. The van der Waals surface area contributed by atoms with Crippen LogP contribution >= 0.6 is 0 Å². The number of benzene rings is 2. The van der Waals surface area contributed by atoms with Gasteiger partial charge < -0.3 is 4.57 Å². The van der Waals surface area contributed by atoms with Crippen molar-refractivity contribution in [2.24, 2.45) is 0 Å². The third-order valence-electron chi connectivity index (χ3n) is 4.11. The smallest absolute Gasteiger partial charge is 0.0473 e. The summed E-state index contributed by atoms with van der Waals surface area (Å²) in [5.74, 6) is 0.493. The molecule has 112 valence electrons. The van der Waals surface area contributed by atoms with Crippen LogP contribution in [-0.4, -0.2) is 4.57 Å². The van der Waals surface area contributed by atoms with Crippen LogP contribution < -0.4 is 0 Å². The van der Waals surface area contributed by atoms with Crippen LogP contribution in [0, 0.1) is 6.92 Å². The highest BCUT2D eigenvalue weighted by Gasteiger charge is 2.17. The molecule has 0 fully saturated rings. The third-order valence-corrected chi connectivity index (χ3v) is 4.11. The van der Waals surface area contributed by atoms with E-state index in [1.807, 2.05) is 0 Å². The molecule has 0 unspecified atom stereocenters. The van der Waals surface area contributed by atoms with Crippen LogP contribution in [0.3, 0.4) is 0 Å². The van der Waals surface area contributed by atoms with Gasteiger partial charge >= 0.3 is 0 Å². The summed E-state index contributed by atoms with van der Waals surface area (Å²) in [5, 5.41) is 0. The second-order valence-corrected chi connectivity index (χ2v) is 6.21. The molecule has 0 radical (unpaired) electrons. The second kappa shape index (κ2) is 6.23. The largest absolute Gasteiger partial charge is 0.346 e. The van der Waals surface area contributed by atoms with Crippen molar-refractivity contribution in [2.75, 3.05) is 0 Å². The van der Waals surface area contributed by atoms with Gasteiger partial charge in [0.2, 0.25) is 0 Å². The van der Waals surface area contributed by atoms with Crippen molar-refractivity contribution in [1.29, 1.82) is 0 Å². The number of nitrogens with zero attached hydrogens (tertiary/aromatic N) is 1. The van der Waals surface area contributed by atoms with Gasteiger partial charge in [0.25, 0.3) is 0 Å². The number of hydrogen-bond acceptors (Lipinski definition) is 0. The SMILES string of the molecule is Cc1cn(Cc2ccccc2)c(C(C)C)c1-c1ccccc1.